The van der Waals surface area contributed by atoms with Gasteiger partial charge in [-0.25, -0.2) is 4.79 Å². The largest absolute Gasteiger partial charge is 0.467 e. The Morgan fingerprint density at radius 2 is 1.69 bits per heavy atom. The fraction of sp³-hybridized carbons (Fsp3) is 0.300. The lowest BCUT2D eigenvalue weighted by Gasteiger charge is -2.29. The summed E-state index contributed by atoms with van der Waals surface area (Å²) < 4.78 is 11.6. The second kappa shape index (κ2) is 7.91. The number of hydrogen-bond donors (Lipinski definition) is 0. The Hall–Kier alpha value is -2.34. The van der Waals surface area contributed by atoms with Crippen LogP contribution in [0.1, 0.15) is 31.4 Å². The van der Waals surface area contributed by atoms with Crippen molar-refractivity contribution in [3.8, 4) is 11.5 Å². The highest BCUT2D eigenvalue weighted by Gasteiger charge is 2.39. The monoisotopic (exact) mass is 417 g/mol. The molecule has 0 spiro atoms. The van der Waals surface area contributed by atoms with Crippen LogP contribution in [-0.4, -0.2) is 29.9 Å². The van der Waals surface area contributed by atoms with E-state index in [0.717, 1.165) is 15.8 Å². The molecule has 26 heavy (non-hydrogen) atoms. The highest BCUT2D eigenvalue weighted by atomic mass is 79.9. The van der Waals surface area contributed by atoms with Crippen molar-refractivity contribution in [3.63, 3.8) is 0 Å². The molecule has 0 bridgehead atoms. The van der Waals surface area contributed by atoms with E-state index < -0.39 is 6.04 Å². The Morgan fingerprint density at radius 3 is 2.27 bits per heavy atom. The van der Waals surface area contributed by atoms with Gasteiger partial charge in [-0.3, -0.25) is 4.79 Å². The maximum Gasteiger partial charge on any atom is 0.328 e. The van der Waals surface area contributed by atoms with E-state index in [1.165, 1.54) is 7.11 Å². The molecule has 2 unspecified atom stereocenters. The van der Waals surface area contributed by atoms with Crippen molar-refractivity contribution in [2.75, 3.05) is 7.11 Å². The van der Waals surface area contributed by atoms with E-state index in [-0.39, 0.29) is 17.9 Å². The number of rotatable bonds is 5. The van der Waals surface area contributed by atoms with Crippen molar-refractivity contribution in [3.05, 3.63) is 58.6 Å². The lowest BCUT2D eigenvalue weighted by molar-refractivity contribution is -0.150. The molecule has 3 rings (SSSR count). The van der Waals surface area contributed by atoms with E-state index in [0.29, 0.717) is 18.6 Å². The Bertz CT molecular complexity index is 788. The second-order valence-corrected chi connectivity index (χ2v) is 7.10. The molecule has 1 aliphatic rings. The van der Waals surface area contributed by atoms with Crippen LogP contribution in [0.5, 0.6) is 11.5 Å². The number of halogens is 1. The summed E-state index contributed by atoms with van der Waals surface area (Å²) in [4.78, 5) is 25.8. The molecule has 0 aromatic heterocycles. The van der Waals surface area contributed by atoms with Gasteiger partial charge >= 0.3 is 5.97 Å². The molecule has 136 valence electrons. The smallest absolute Gasteiger partial charge is 0.328 e. The van der Waals surface area contributed by atoms with Crippen molar-refractivity contribution in [2.45, 2.75) is 31.8 Å². The number of hydrogen-bond acceptors (Lipinski definition) is 4. The molecule has 5 nitrogen and oxygen atoms in total. The summed E-state index contributed by atoms with van der Waals surface area (Å²) in [6, 6.07) is 14.4. The molecule has 1 fully saturated rings. The third kappa shape index (κ3) is 3.90. The van der Waals surface area contributed by atoms with Crippen molar-refractivity contribution >= 4 is 27.8 Å². The molecule has 1 amide bonds. The average Bonchev–Trinajstić information content (AvgIpc) is 3.04. The van der Waals surface area contributed by atoms with Gasteiger partial charge in [0.1, 0.15) is 17.5 Å². The molecule has 1 saturated heterocycles. The van der Waals surface area contributed by atoms with Crippen LogP contribution in [0.4, 0.5) is 0 Å². The first-order chi connectivity index (χ1) is 12.5. The van der Waals surface area contributed by atoms with Gasteiger partial charge < -0.3 is 14.4 Å². The topological polar surface area (TPSA) is 55.8 Å². The first-order valence-corrected chi connectivity index (χ1v) is 9.21. The summed E-state index contributed by atoms with van der Waals surface area (Å²) in [7, 11) is 1.35. The normalized spacial score (nSPS) is 17.9. The molecule has 2 aromatic carbocycles. The van der Waals surface area contributed by atoms with E-state index in [2.05, 4.69) is 15.9 Å². The molecule has 2 atom stereocenters. The Labute approximate surface area is 161 Å². The fourth-order valence-electron chi connectivity index (χ4n) is 3.17. The zero-order chi connectivity index (χ0) is 18.7. The van der Waals surface area contributed by atoms with Gasteiger partial charge in [-0.1, -0.05) is 28.1 Å². The Balaban J connectivity index is 1.73. The number of likely N-dealkylation sites (tertiary alicyclic amines) is 1. The Kier molecular flexibility index (Phi) is 5.61. The van der Waals surface area contributed by atoms with Crippen molar-refractivity contribution in [1.29, 1.82) is 0 Å². The quantitative estimate of drug-likeness (QED) is 0.673. The zero-order valence-corrected chi connectivity index (χ0v) is 16.2. The van der Waals surface area contributed by atoms with Gasteiger partial charge in [-0.05, 0) is 55.3 Å². The van der Waals surface area contributed by atoms with E-state index in [9.17, 15) is 9.59 Å². The maximum absolute atomic E-state index is 12.2. The van der Waals surface area contributed by atoms with Gasteiger partial charge in [0.2, 0.25) is 5.91 Å². The van der Waals surface area contributed by atoms with Crippen molar-refractivity contribution in [1.82, 2.24) is 4.90 Å². The number of carbonyl (C=O) groups excluding carboxylic acids is 2. The summed E-state index contributed by atoms with van der Waals surface area (Å²) >= 11 is 3.39. The highest BCUT2D eigenvalue weighted by molar-refractivity contribution is 9.10. The maximum atomic E-state index is 12.2. The molecular formula is C20H20BrNO4. The zero-order valence-electron chi connectivity index (χ0n) is 14.6. The minimum atomic E-state index is -0.513. The van der Waals surface area contributed by atoms with Gasteiger partial charge in [0.15, 0.2) is 0 Å². The summed E-state index contributed by atoms with van der Waals surface area (Å²) in [6.07, 6.45) is 0.871. The van der Waals surface area contributed by atoms with E-state index in [1.54, 1.807) is 4.90 Å². The molecule has 1 aliphatic heterocycles. The number of ether oxygens (including phenoxy) is 2. The first-order valence-electron chi connectivity index (χ1n) is 8.42. The number of carbonyl (C=O) groups is 2. The SMILES string of the molecule is COC(=O)C1CCC(=O)N1C(C)c1ccc(Oc2ccc(Br)cc2)cc1. The standard InChI is InChI=1S/C20H20BrNO4/c1-13(22-18(20(24)25-2)11-12-19(22)23)14-3-7-16(8-4-14)26-17-9-5-15(21)6-10-17/h3-10,13,18H,11-12H2,1-2H3. The van der Waals surface area contributed by atoms with Crippen LogP contribution in [0.15, 0.2) is 53.0 Å². The second-order valence-electron chi connectivity index (χ2n) is 6.18. The van der Waals surface area contributed by atoms with Crippen LogP contribution in [0.3, 0.4) is 0 Å². The third-order valence-electron chi connectivity index (χ3n) is 4.56. The number of esters is 1. The van der Waals surface area contributed by atoms with Gasteiger partial charge in [-0.15, -0.1) is 0 Å². The minimum Gasteiger partial charge on any atom is -0.467 e. The van der Waals surface area contributed by atoms with Crippen LogP contribution in [0, 0.1) is 0 Å². The summed E-state index contributed by atoms with van der Waals surface area (Å²) in [5, 5.41) is 0. The summed E-state index contributed by atoms with van der Waals surface area (Å²) in [6.45, 7) is 1.92. The number of benzene rings is 2. The third-order valence-corrected chi connectivity index (χ3v) is 5.09. The first kappa shape index (κ1) is 18.5. The number of amides is 1. The molecule has 1 heterocycles. The molecular weight excluding hydrogens is 398 g/mol. The van der Waals surface area contributed by atoms with Crippen LogP contribution < -0.4 is 4.74 Å². The molecule has 0 N–H and O–H groups in total. The van der Waals surface area contributed by atoms with E-state index >= 15 is 0 Å². The molecule has 2 aromatic rings. The van der Waals surface area contributed by atoms with Gasteiger partial charge in [0, 0.05) is 10.9 Å². The minimum absolute atomic E-state index is 0.0249. The predicted octanol–water partition coefficient (Wildman–Crippen LogP) is 4.47. The molecule has 0 saturated carbocycles. The predicted molar refractivity (Wildman–Crippen MR) is 101 cm³/mol. The van der Waals surface area contributed by atoms with Crippen LogP contribution in [0.25, 0.3) is 0 Å². The van der Waals surface area contributed by atoms with Crippen LogP contribution >= 0.6 is 15.9 Å². The summed E-state index contributed by atoms with van der Waals surface area (Å²) in [5.74, 6) is 1.07. The Morgan fingerprint density at radius 1 is 1.12 bits per heavy atom. The van der Waals surface area contributed by atoms with Crippen molar-refractivity contribution in [2.24, 2.45) is 0 Å². The molecule has 6 heteroatoms. The lowest BCUT2D eigenvalue weighted by Crippen LogP contribution is -2.40. The van der Waals surface area contributed by atoms with E-state index in [4.69, 9.17) is 9.47 Å². The number of methoxy groups -OCH3 is 1. The van der Waals surface area contributed by atoms with Gasteiger partial charge in [0.25, 0.3) is 0 Å². The lowest BCUT2D eigenvalue weighted by atomic mass is 10.1. The molecule has 0 aliphatic carbocycles. The summed E-state index contributed by atoms with van der Waals surface area (Å²) in [5.41, 5.74) is 0.942. The molecule has 0 radical (unpaired) electrons. The highest BCUT2D eigenvalue weighted by Crippen LogP contribution is 2.32. The van der Waals surface area contributed by atoms with Gasteiger partial charge in [-0.2, -0.15) is 0 Å². The van der Waals surface area contributed by atoms with E-state index in [1.807, 2.05) is 55.5 Å². The fourth-order valence-corrected chi connectivity index (χ4v) is 3.43. The number of nitrogens with zero attached hydrogens (tertiary/aromatic N) is 1. The van der Waals surface area contributed by atoms with Crippen molar-refractivity contribution < 1.29 is 19.1 Å². The van der Waals surface area contributed by atoms with Crippen LogP contribution in [-0.2, 0) is 14.3 Å². The van der Waals surface area contributed by atoms with Gasteiger partial charge in [0.05, 0.1) is 13.2 Å². The average molecular weight is 418 g/mol. The van der Waals surface area contributed by atoms with Crippen LogP contribution in [0.2, 0.25) is 0 Å².